The smallest absolute Gasteiger partial charge is 0.251 e. The largest absolute Gasteiger partial charge is 0.467 e. The Bertz CT molecular complexity index is 535. The molecule has 1 aromatic heterocycles. The molecule has 0 saturated carbocycles. The second-order valence-corrected chi connectivity index (χ2v) is 4.28. The zero-order chi connectivity index (χ0) is 13.7. The van der Waals surface area contributed by atoms with Crippen LogP contribution in [0.3, 0.4) is 0 Å². The summed E-state index contributed by atoms with van der Waals surface area (Å²) in [5.74, 6) is 0.808. The first-order valence-electron chi connectivity index (χ1n) is 6.36. The molecule has 0 aliphatic rings. The standard InChI is InChI=1S/C15H18N2O2/c1-3-13(14-8-5-9-19-14)17-12-7-4-6-11(10-12)15(18)16-2/h4-10,13,17H,3H2,1-2H3,(H,16,18). The van der Waals surface area contributed by atoms with Crippen LogP contribution in [-0.4, -0.2) is 13.0 Å². The zero-order valence-electron chi connectivity index (χ0n) is 11.1. The van der Waals surface area contributed by atoms with E-state index in [9.17, 15) is 4.79 Å². The van der Waals surface area contributed by atoms with E-state index < -0.39 is 0 Å². The normalized spacial score (nSPS) is 11.9. The van der Waals surface area contributed by atoms with E-state index in [1.807, 2.05) is 30.3 Å². The first-order chi connectivity index (χ1) is 9.24. The van der Waals surface area contributed by atoms with Crippen LogP contribution in [0.25, 0.3) is 0 Å². The van der Waals surface area contributed by atoms with Crippen molar-refractivity contribution in [3.8, 4) is 0 Å². The van der Waals surface area contributed by atoms with Gasteiger partial charge in [0.1, 0.15) is 5.76 Å². The van der Waals surface area contributed by atoms with Gasteiger partial charge in [-0.3, -0.25) is 4.79 Å². The van der Waals surface area contributed by atoms with Crippen molar-refractivity contribution in [2.75, 3.05) is 12.4 Å². The third-order valence-electron chi connectivity index (χ3n) is 2.99. The summed E-state index contributed by atoms with van der Waals surface area (Å²) < 4.78 is 5.42. The van der Waals surface area contributed by atoms with E-state index in [-0.39, 0.29) is 11.9 Å². The molecule has 2 aromatic rings. The minimum Gasteiger partial charge on any atom is -0.467 e. The van der Waals surface area contributed by atoms with Crippen LogP contribution in [0.5, 0.6) is 0 Å². The summed E-state index contributed by atoms with van der Waals surface area (Å²) in [5, 5.41) is 5.99. The Morgan fingerprint density at radius 3 is 2.79 bits per heavy atom. The zero-order valence-corrected chi connectivity index (χ0v) is 11.1. The van der Waals surface area contributed by atoms with Crippen molar-refractivity contribution in [2.45, 2.75) is 19.4 Å². The van der Waals surface area contributed by atoms with Crippen LogP contribution >= 0.6 is 0 Å². The van der Waals surface area contributed by atoms with Gasteiger partial charge < -0.3 is 15.1 Å². The summed E-state index contributed by atoms with van der Waals surface area (Å²) in [6.07, 6.45) is 2.57. The van der Waals surface area contributed by atoms with Crippen LogP contribution in [0, 0.1) is 0 Å². The lowest BCUT2D eigenvalue weighted by Gasteiger charge is -2.16. The minimum atomic E-state index is -0.0882. The van der Waals surface area contributed by atoms with Gasteiger partial charge in [-0.1, -0.05) is 13.0 Å². The van der Waals surface area contributed by atoms with Gasteiger partial charge in [-0.05, 0) is 36.8 Å². The van der Waals surface area contributed by atoms with Crippen LogP contribution in [0.2, 0.25) is 0 Å². The lowest BCUT2D eigenvalue weighted by molar-refractivity contribution is 0.0963. The lowest BCUT2D eigenvalue weighted by Crippen LogP contribution is -2.18. The third-order valence-corrected chi connectivity index (χ3v) is 2.99. The Morgan fingerprint density at radius 2 is 2.16 bits per heavy atom. The van der Waals surface area contributed by atoms with Crippen LogP contribution in [-0.2, 0) is 0 Å². The first kappa shape index (κ1) is 13.2. The molecule has 1 heterocycles. The molecule has 1 atom stereocenters. The SMILES string of the molecule is CCC(Nc1cccc(C(=O)NC)c1)c1ccco1. The maximum absolute atomic E-state index is 11.6. The third kappa shape index (κ3) is 3.16. The first-order valence-corrected chi connectivity index (χ1v) is 6.36. The number of amides is 1. The summed E-state index contributed by atoms with van der Waals surface area (Å²) in [5.41, 5.74) is 1.55. The van der Waals surface area contributed by atoms with Crippen LogP contribution in [0.1, 0.15) is 35.5 Å². The molecule has 0 radical (unpaired) electrons. The Labute approximate surface area is 112 Å². The maximum Gasteiger partial charge on any atom is 0.251 e. The molecule has 2 N–H and O–H groups in total. The molecule has 100 valence electrons. The van der Waals surface area contributed by atoms with Gasteiger partial charge in [0.2, 0.25) is 0 Å². The molecule has 4 nitrogen and oxygen atoms in total. The maximum atomic E-state index is 11.6. The molecule has 19 heavy (non-hydrogen) atoms. The average Bonchev–Trinajstić information content (AvgIpc) is 2.98. The van der Waals surface area contributed by atoms with Gasteiger partial charge in [0.25, 0.3) is 5.91 Å². The van der Waals surface area contributed by atoms with E-state index >= 15 is 0 Å². The Morgan fingerprint density at radius 1 is 1.32 bits per heavy atom. The fraction of sp³-hybridized carbons (Fsp3) is 0.267. The molecular formula is C15H18N2O2. The lowest BCUT2D eigenvalue weighted by atomic mass is 10.1. The van der Waals surface area contributed by atoms with Gasteiger partial charge >= 0.3 is 0 Å². The summed E-state index contributed by atoms with van der Waals surface area (Å²) in [4.78, 5) is 11.6. The van der Waals surface area contributed by atoms with Gasteiger partial charge in [0, 0.05) is 18.3 Å². The molecule has 4 heteroatoms. The van der Waals surface area contributed by atoms with Gasteiger partial charge in [0.15, 0.2) is 0 Å². The molecule has 0 aliphatic carbocycles. The second-order valence-electron chi connectivity index (χ2n) is 4.28. The van der Waals surface area contributed by atoms with Crippen LogP contribution in [0.15, 0.2) is 47.1 Å². The number of hydrogen-bond acceptors (Lipinski definition) is 3. The summed E-state index contributed by atoms with van der Waals surface area (Å²) in [7, 11) is 1.63. The van der Waals surface area contributed by atoms with Gasteiger partial charge in [0.05, 0.1) is 12.3 Å². The summed E-state index contributed by atoms with van der Waals surface area (Å²) in [6.45, 7) is 2.09. The van der Waals surface area contributed by atoms with E-state index in [0.29, 0.717) is 5.56 Å². The topological polar surface area (TPSA) is 54.3 Å². The van der Waals surface area contributed by atoms with Crippen molar-refractivity contribution in [3.63, 3.8) is 0 Å². The van der Waals surface area contributed by atoms with Crippen molar-refractivity contribution >= 4 is 11.6 Å². The predicted octanol–water partition coefficient (Wildman–Crippen LogP) is 3.20. The van der Waals surface area contributed by atoms with E-state index in [2.05, 4.69) is 17.6 Å². The van der Waals surface area contributed by atoms with Crippen molar-refractivity contribution in [2.24, 2.45) is 0 Å². The monoisotopic (exact) mass is 258 g/mol. The number of carbonyl (C=O) groups is 1. The number of hydrogen-bond donors (Lipinski definition) is 2. The van der Waals surface area contributed by atoms with E-state index in [4.69, 9.17) is 4.42 Å². The highest BCUT2D eigenvalue weighted by Gasteiger charge is 2.12. The molecule has 0 fully saturated rings. The molecule has 1 unspecified atom stereocenters. The molecule has 0 bridgehead atoms. The van der Waals surface area contributed by atoms with E-state index in [1.165, 1.54) is 0 Å². The van der Waals surface area contributed by atoms with Crippen LogP contribution in [0.4, 0.5) is 5.69 Å². The van der Waals surface area contributed by atoms with E-state index in [0.717, 1.165) is 17.9 Å². The van der Waals surface area contributed by atoms with Crippen molar-refractivity contribution in [1.82, 2.24) is 5.32 Å². The Balaban J connectivity index is 2.16. The van der Waals surface area contributed by atoms with Gasteiger partial charge in [-0.15, -0.1) is 0 Å². The average molecular weight is 258 g/mol. The number of nitrogens with one attached hydrogen (secondary N) is 2. The van der Waals surface area contributed by atoms with E-state index in [1.54, 1.807) is 19.4 Å². The fourth-order valence-electron chi connectivity index (χ4n) is 1.96. The number of rotatable bonds is 5. The Hall–Kier alpha value is -2.23. The molecular weight excluding hydrogens is 240 g/mol. The van der Waals surface area contributed by atoms with Gasteiger partial charge in [-0.25, -0.2) is 0 Å². The fourth-order valence-corrected chi connectivity index (χ4v) is 1.96. The molecule has 2 rings (SSSR count). The predicted molar refractivity (Wildman–Crippen MR) is 75.2 cm³/mol. The minimum absolute atomic E-state index is 0.0882. The molecule has 0 spiro atoms. The number of anilines is 1. The second kappa shape index (κ2) is 6.09. The molecule has 0 aliphatic heterocycles. The summed E-state index contributed by atoms with van der Waals surface area (Å²) >= 11 is 0. The molecule has 0 saturated heterocycles. The van der Waals surface area contributed by atoms with Crippen molar-refractivity contribution < 1.29 is 9.21 Å². The quantitative estimate of drug-likeness (QED) is 0.866. The molecule has 1 amide bonds. The molecule has 1 aromatic carbocycles. The van der Waals surface area contributed by atoms with Crippen LogP contribution < -0.4 is 10.6 Å². The number of benzene rings is 1. The van der Waals surface area contributed by atoms with Crippen molar-refractivity contribution in [3.05, 3.63) is 54.0 Å². The Kier molecular flexibility index (Phi) is 4.23. The number of furan rings is 1. The highest BCUT2D eigenvalue weighted by Crippen LogP contribution is 2.23. The highest BCUT2D eigenvalue weighted by molar-refractivity contribution is 5.94. The number of carbonyl (C=O) groups excluding carboxylic acids is 1. The van der Waals surface area contributed by atoms with Gasteiger partial charge in [-0.2, -0.15) is 0 Å². The summed E-state index contributed by atoms with van der Waals surface area (Å²) in [6, 6.07) is 11.4. The van der Waals surface area contributed by atoms with Crippen molar-refractivity contribution in [1.29, 1.82) is 0 Å². The highest BCUT2D eigenvalue weighted by atomic mass is 16.3.